The predicted octanol–water partition coefficient (Wildman–Crippen LogP) is 6.70. The second-order valence-electron chi connectivity index (χ2n) is 6.41. The minimum atomic E-state index is 0.0833. The molecule has 24 heavy (non-hydrogen) atoms. The van der Waals surface area contributed by atoms with Crippen LogP contribution in [0.1, 0.15) is 30.4 Å². The average Bonchev–Trinajstić information content (AvgIpc) is 2.67. The van der Waals surface area contributed by atoms with Crippen molar-refractivity contribution in [2.45, 2.75) is 19.3 Å². The summed E-state index contributed by atoms with van der Waals surface area (Å²) in [4.78, 5) is 0. The van der Waals surface area contributed by atoms with Crippen molar-refractivity contribution in [3.05, 3.63) is 108 Å². The Kier molecular flexibility index (Phi) is 5.28. The number of benzene rings is 2. The van der Waals surface area contributed by atoms with E-state index >= 15 is 0 Å². The van der Waals surface area contributed by atoms with Crippen LogP contribution in [-0.4, -0.2) is 0 Å². The normalized spacial score (nSPS) is 21.1. The van der Waals surface area contributed by atoms with E-state index in [1.165, 1.54) is 16.7 Å². The van der Waals surface area contributed by atoms with E-state index in [4.69, 9.17) is 0 Å². The molecular formula is C24H24. The maximum Gasteiger partial charge on any atom is 0.00994 e. The van der Waals surface area contributed by atoms with Gasteiger partial charge in [0.15, 0.2) is 0 Å². The summed E-state index contributed by atoms with van der Waals surface area (Å²) in [6.45, 7) is 4.09. The topological polar surface area (TPSA) is 0 Å². The van der Waals surface area contributed by atoms with Crippen LogP contribution < -0.4 is 0 Å². The van der Waals surface area contributed by atoms with Crippen LogP contribution in [0.3, 0.4) is 0 Å². The zero-order valence-electron chi connectivity index (χ0n) is 14.1. The number of hydrogen-bond acceptors (Lipinski definition) is 0. The van der Waals surface area contributed by atoms with E-state index in [9.17, 15) is 0 Å². The Hall–Kier alpha value is -2.60. The molecule has 1 aliphatic rings. The molecule has 0 saturated carbocycles. The van der Waals surface area contributed by atoms with Crippen molar-refractivity contribution in [2.24, 2.45) is 5.41 Å². The molecule has 0 fully saturated rings. The van der Waals surface area contributed by atoms with Crippen molar-refractivity contribution in [1.29, 1.82) is 0 Å². The molecule has 1 atom stereocenters. The molecule has 3 rings (SSSR count). The summed E-state index contributed by atoms with van der Waals surface area (Å²) in [7, 11) is 0. The molecule has 0 aliphatic heterocycles. The van der Waals surface area contributed by atoms with Crippen molar-refractivity contribution in [2.75, 3.05) is 0 Å². The van der Waals surface area contributed by atoms with Crippen LogP contribution >= 0.6 is 0 Å². The van der Waals surface area contributed by atoms with E-state index in [0.29, 0.717) is 0 Å². The highest BCUT2D eigenvalue weighted by molar-refractivity contribution is 5.54. The van der Waals surface area contributed by atoms with Crippen LogP contribution in [0.2, 0.25) is 0 Å². The summed E-state index contributed by atoms with van der Waals surface area (Å²) in [5.74, 6) is 0. The molecule has 0 heterocycles. The van der Waals surface area contributed by atoms with Gasteiger partial charge in [0.25, 0.3) is 0 Å². The molecule has 0 aromatic heterocycles. The van der Waals surface area contributed by atoms with E-state index in [1.807, 2.05) is 0 Å². The second kappa shape index (κ2) is 7.79. The Morgan fingerprint density at radius 1 is 0.792 bits per heavy atom. The molecule has 2 aromatic rings. The minimum absolute atomic E-state index is 0.0833. The summed E-state index contributed by atoms with van der Waals surface area (Å²) in [6.07, 6.45) is 16.7. The lowest BCUT2D eigenvalue weighted by molar-refractivity contribution is 0.440. The highest BCUT2D eigenvalue weighted by atomic mass is 14.3. The fourth-order valence-corrected chi connectivity index (χ4v) is 3.05. The van der Waals surface area contributed by atoms with Crippen LogP contribution in [-0.2, 0) is 0 Å². The van der Waals surface area contributed by atoms with Gasteiger partial charge >= 0.3 is 0 Å². The summed E-state index contributed by atoms with van der Waals surface area (Å²) < 4.78 is 0. The maximum atomic E-state index is 4.09. The van der Waals surface area contributed by atoms with E-state index in [1.54, 1.807) is 0 Å². The van der Waals surface area contributed by atoms with Crippen LogP contribution in [0, 0.1) is 5.41 Å². The third kappa shape index (κ3) is 4.23. The summed E-state index contributed by atoms with van der Waals surface area (Å²) in [5.41, 5.74) is 4.00. The van der Waals surface area contributed by atoms with Crippen molar-refractivity contribution < 1.29 is 0 Å². The van der Waals surface area contributed by atoms with Gasteiger partial charge in [0.2, 0.25) is 0 Å². The van der Waals surface area contributed by atoms with Crippen molar-refractivity contribution in [1.82, 2.24) is 0 Å². The van der Waals surface area contributed by atoms with Crippen LogP contribution in [0.15, 0.2) is 97.1 Å². The quantitative estimate of drug-likeness (QED) is 0.539. The molecule has 0 nitrogen and oxygen atoms in total. The van der Waals surface area contributed by atoms with Gasteiger partial charge in [-0.3, -0.25) is 0 Å². The monoisotopic (exact) mass is 312 g/mol. The minimum Gasteiger partial charge on any atom is -0.102 e. The summed E-state index contributed by atoms with van der Waals surface area (Å²) in [5, 5.41) is 0. The summed E-state index contributed by atoms with van der Waals surface area (Å²) in [6, 6.07) is 21.0. The number of rotatable bonds is 5. The molecule has 1 aliphatic carbocycles. The molecule has 0 saturated heterocycles. The maximum absolute atomic E-state index is 4.09. The van der Waals surface area contributed by atoms with E-state index in [2.05, 4.69) is 104 Å². The molecule has 0 radical (unpaired) electrons. The Labute approximate surface area is 145 Å². The van der Waals surface area contributed by atoms with E-state index in [-0.39, 0.29) is 5.41 Å². The zero-order valence-corrected chi connectivity index (χ0v) is 14.1. The molecule has 1 unspecified atom stereocenters. The van der Waals surface area contributed by atoms with Gasteiger partial charge in [-0.15, -0.1) is 6.58 Å². The van der Waals surface area contributed by atoms with Gasteiger partial charge in [0.1, 0.15) is 0 Å². The smallest absolute Gasteiger partial charge is 0.00994 e. The Morgan fingerprint density at radius 2 is 1.42 bits per heavy atom. The lowest BCUT2D eigenvalue weighted by Crippen LogP contribution is -2.17. The molecular weight excluding hydrogens is 288 g/mol. The fourth-order valence-electron chi connectivity index (χ4n) is 3.05. The van der Waals surface area contributed by atoms with Gasteiger partial charge in [0.05, 0.1) is 0 Å². The van der Waals surface area contributed by atoms with Gasteiger partial charge in [0, 0.05) is 5.41 Å². The third-order valence-corrected chi connectivity index (χ3v) is 4.73. The van der Waals surface area contributed by atoms with Crippen LogP contribution in [0.25, 0.3) is 12.2 Å². The molecule has 0 spiro atoms. The first kappa shape index (κ1) is 16.3. The van der Waals surface area contributed by atoms with Crippen molar-refractivity contribution >= 4 is 12.2 Å². The van der Waals surface area contributed by atoms with E-state index < -0.39 is 0 Å². The third-order valence-electron chi connectivity index (χ3n) is 4.73. The second-order valence-corrected chi connectivity index (χ2v) is 6.41. The number of allylic oxidation sites excluding steroid dienone is 5. The Morgan fingerprint density at radius 3 is 1.96 bits per heavy atom. The summed E-state index contributed by atoms with van der Waals surface area (Å²) >= 11 is 0. The molecule has 2 aromatic carbocycles. The molecule has 0 N–H and O–H groups in total. The average molecular weight is 312 g/mol. The lowest BCUT2D eigenvalue weighted by atomic mass is 9.74. The Bertz CT molecular complexity index is 747. The van der Waals surface area contributed by atoms with Crippen LogP contribution in [0.4, 0.5) is 0 Å². The predicted molar refractivity (Wildman–Crippen MR) is 106 cm³/mol. The molecule has 0 amide bonds. The standard InChI is InChI=1S/C24H24/c1-2-24(18-15-22-11-7-4-8-12-22)19-16-23(17-20-24)14-13-21-9-5-3-6-10-21/h2-16,18H,1,17,19-20H2/b14-13+,18-15+. The van der Waals surface area contributed by atoms with Gasteiger partial charge in [-0.2, -0.15) is 0 Å². The molecule has 120 valence electrons. The van der Waals surface area contributed by atoms with Gasteiger partial charge in [-0.25, -0.2) is 0 Å². The Balaban J connectivity index is 1.68. The van der Waals surface area contributed by atoms with Crippen LogP contribution in [0.5, 0.6) is 0 Å². The molecule has 0 heteroatoms. The first-order chi connectivity index (χ1) is 11.8. The van der Waals surface area contributed by atoms with Crippen molar-refractivity contribution in [3.8, 4) is 0 Å². The number of hydrogen-bond donors (Lipinski definition) is 0. The van der Waals surface area contributed by atoms with Crippen molar-refractivity contribution in [3.63, 3.8) is 0 Å². The van der Waals surface area contributed by atoms with Gasteiger partial charge in [-0.05, 0) is 30.4 Å². The van der Waals surface area contributed by atoms with Gasteiger partial charge < -0.3 is 0 Å². The first-order valence-corrected chi connectivity index (χ1v) is 8.60. The highest BCUT2D eigenvalue weighted by Gasteiger charge is 2.25. The largest absolute Gasteiger partial charge is 0.102 e. The van der Waals surface area contributed by atoms with Gasteiger partial charge in [-0.1, -0.05) is 103 Å². The first-order valence-electron chi connectivity index (χ1n) is 8.60. The fraction of sp³-hybridized carbons (Fsp3) is 0.167. The highest BCUT2D eigenvalue weighted by Crippen LogP contribution is 2.38. The van der Waals surface area contributed by atoms with E-state index in [0.717, 1.165) is 19.3 Å². The lowest BCUT2D eigenvalue weighted by Gasteiger charge is -2.30. The zero-order chi connectivity index (χ0) is 16.7. The SMILES string of the molecule is C=CC1(/C=C/c2ccccc2)CC=C(/C=C/c2ccccc2)CC1. The molecule has 0 bridgehead atoms.